The van der Waals surface area contributed by atoms with Crippen molar-refractivity contribution in [1.82, 2.24) is 9.88 Å². The second kappa shape index (κ2) is 9.55. The molecule has 0 aliphatic carbocycles. The Morgan fingerprint density at radius 1 is 1.24 bits per heavy atom. The average Bonchev–Trinajstić information content (AvgIpc) is 2.75. The molecule has 2 heterocycles. The van der Waals surface area contributed by atoms with Crippen LogP contribution in [-0.2, 0) is 4.74 Å². The van der Waals surface area contributed by atoms with E-state index in [0.717, 1.165) is 12.8 Å². The van der Waals surface area contributed by atoms with E-state index in [1.807, 2.05) is 0 Å². The summed E-state index contributed by atoms with van der Waals surface area (Å²) in [5, 5.41) is 15.2. The molecule has 2 aromatic rings. The quantitative estimate of drug-likeness (QED) is 0.807. The molecule has 0 unspecified atom stereocenters. The average molecular weight is 393 g/mol. The number of hydrogen-bond acceptors (Lipinski definition) is 6. The van der Waals surface area contributed by atoms with Crippen LogP contribution in [0, 0.1) is 11.3 Å². The second-order valence-corrected chi connectivity index (χ2v) is 6.65. The molecule has 0 atom stereocenters. The number of carbonyl (C=O) groups is 2. The van der Waals surface area contributed by atoms with E-state index in [4.69, 9.17) is 10.00 Å². The Kier molecular flexibility index (Phi) is 6.63. The Bertz CT molecular complexity index is 899. The predicted octanol–water partition coefficient (Wildman–Crippen LogP) is 3.24. The van der Waals surface area contributed by atoms with Crippen LogP contribution < -0.4 is 10.6 Å². The number of amides is 2. The van der Waals surface area contributed by atoms with Gasteiger partial charge in [-0.1, -0.05) is 12.1 Å². The van der Waals surface area contributed by atoms with Gasteiger partial charge in [-0.3, -0.25) is 4.79 Å². The Hall–Kier alpha value is -3.60. The zero-order valence-electron chi connectivity index (χ0n) is 16.2. The number of pyridine rings is 1. The van der Waals surface area contributed by atoms with Crippen molar-refractivity contribution in [3.05, 3.63) is 53.7 Å². The van der Waals surface area contributed by atoms with Gasteiger partial charge in [-0.25, -0.2) is 9.78 Å². The first-order chi connectivity index (χ1) is 14.1. The number of benzene rings is 1. The van der Waals surface area contributed by atoms with Crippen molar-refractivity contribution >= 4 is 23.5 Å². The van der Waals surface area contributed by atoms with Gasteiger partial charge in [0.25, 0.3) is 5.91 Å². The summed E-state index contributed by atoms with van der Waals surface area (Å²) in [6.45, 7) is 3.44. The molecular formula is C21H23N5O3. The maximum Gasteiger partial charge on any atom is 0.409 e. The fourth-order valence-corrected chi connectivity index (χ4v) is 3.13. The van der Waals surface area contributed by atoms with E-state index in [-0.39, 0.29) is 18.0 Å². The SMILES string of the molecule is CCOC(=O)N1CCC(Nc2ccc(C(=O)Nc3ccccc3C#N)cn2)CC1. The first-order valence-corrected chi connectivity index (χ1v) is 9.55. The van der Waals surface area contributed by atoms with Gasteiger partial charge in [0, 0.05) is 25.3 Å². The van der Waals surface area contributed by atoms with E-state index in [1.54, 1.807) is 48.2 Å². The lowest BCUT2D eigenvalue weighted by molar-refractivity contribution is 0.0982. The van der Waals surface area contributed by atoms with Crippen molar-refractivity contribution in [2.75, 3.05) is 30.3 Å². The summed E-state index contributed by atoms with van der Waals surface area (Å²) in [6.07, 6.45) is 2.83. The maximum atomic E-state index is 12.4. The molecule has 1 fully saturated rings. The lowest BCUT2D eigenvalue weighted by Gasteiger charge is -2.31. The summed E-state index contributed by atoms with van der Waals surface area (Å²) in [5.74, 6) is 0.350. The van der Waals surface area contributed by atoms with Crippen LogP contribution in [0.1, 0.15) is 35.7 Å². The lowest BCUT2D eigenvalue weighted by atomic mass is 10.1. The van der Waals surface area contributed by atoms with Crippen molar-refractivity contribution in [1.29, 1.82) is 5.26 Å². The zero-order valence-corrected chi connectivity index (χ0v) is 16.2. The highest BCUT2D eigenvalue weighted by Gasteiger charge is 2.23. The summed E-state index contributed by atoms with van der Waals surface area (Å²) >= 11 is 0. The van der Waals surface area contributed by atoms with E-state index in [9.17, 15) is 9.59 Å². The molecule has 1 aliphatic rings. The van der Waals surface area contributed by atoms with E-state index in [2.05, 4.69) is 21.7 Å². The summed E-state index contributed by atoms with van der Waals surface area (Å²) < 4.78 is 5.03. The van der Waals surface area contributed by atoms with Gasteiger partial charge >= 0.3 is 6.09 Å². The molecule has 0 radical (unpaired) electrons. The molecule has 1 aromatic heterocycles. The smallest absolute Gasteiger partial charge is 0.409 e. The van der Waals surface area contributed by atoms with Gasteiger partial charge in [0.2, 0.25) is 0 Å². The van der Waals surface area contributed by atoms with Crippen molar-refractivity contribution in [3.8, 4) is 6.07 Å². The maximum absolute atomic E-state index is 12.4. The Labute approximate surface area is 169 Å². The van der Waals surface area contributed by atoms with Crippen LogP contribution in [0.5, 0.6) is 0 Å². The normalized spacial score (nSPS) is 14.0. The Morgan fingerprint density at radius 2 is 2.00 bits per heavy atom. The van der Waals surface area contributed by atoms with Gasteiger partial charge in [-0.2, -0.15) is 5.26 Å². The number of nitrogens with one attached hydrogen (secondary N) is 2. The molecule has 8 nitrogen and oxygen atoms in total. The molecule has 150 valence electrons. The van der Waals surface area contributed by atoms with Crippen molar-refractivity contribution in [2.45, 2.75) is 25.8 Å². The molecule has 1 aliphatic heterocycles. The van der Waals surface area contributed by atoms with Gasteiger partial charge in [0.05, 0.1) is 23.4 Å². The summed E-state index contributed by atoms with van der Waals surface area (Å²) in [5.41, 5.74) is 1.28. The van der Waals surface area contributed by atoms with Crippen molar-refractivity contribution in [3.63, 3.8) is 0 Å². The van der Waals surface area contributed by atoms with Crippen LogP contribution in [0.4, 0.5) is 16.3 Å². The molecule has 0 saturated carbocycles. The molecule has 1 aromatic carbocycles. The number of rotatable bonds is 5. The summed E-state index contributed by atoms with van der Waals surface area (Å²) in [4.78, 5) is 30.2. The Morgan fingerprint density at radius 3 is 2.66 bits per heavy atom. The molecule has 29 heavy (non-hydrogen) atoms. The summed E-state index contributed by atoms with van der Waals surface area (Å²) in [7, 11) is 0. The van der Waals surface area contributed by atoms with E-state index >= 15 is 0 Å². The minimum absolute atomic E-state index is 0.204. The van der Waals surface area contributed by atoms with Crippen LogP contribution in [0.3, 0.4) is 0 Å². The molecular weight excluding hydrogens is 370 g/mol. The van der Waals surface area contributed by atoms with E-state index in [0.29, 0.717) is 42.3 Å². The van der Waals surface area contributed by atoms with Gasteiger partial charge in [0.15, 0.2) is 0 Å². The highest BCUT2D eigenvalue weighted by Crippen LogP contribution is 2.18. The van der Waals surface area contributed by atoms with Crippen molar-refractivity contribution < 1.29 is 14.3 Å². The number of nitrogens with zero attached hydrogens (tertiary/aromatic N) is 3. The van der Waals surface area contributed by atoms with Gasteiger partial charge in [0.1, 0.15) is 11.9 Å². The molecule has 2 amide bonds. The molecule has 3 rings (SSSR count). The van der Waals surface area contributed by atoms with Gasteiger partial charge in [-0.15, -0.1) is 0 Å². The molecule has 1 saturated heterocycles. The first kappa shape index (κ1) is 20.1. The fraction of sp³-hybridized carbons (Fsp3) is 0.333. The Balaban J connectivity index is 1.53. The third-order valence-electron chi connectivity index (χ3n) is 4.69. The number of anilines is 2. The van der Waals surface area contributed by atoms with Crippen LogP contribution in [0.2, 0.25) is 0 Å². The first-order valence-electron chi connectivity index (χ1n) is 9.55. The minimum Gasteiger partial charge on any atom is -0.450 e. The van der Waals surface area contributed by atoms with Crippen LogP contribution in [0.25, 0.3) is 0 Å². The number of likely N-dealkylation sites (tertiary alicyclic amines) is 1. The number of nitriles is 1. The third kappa shape index (κ3) is 5.23. The lowest BCUT2D eigenvalue weighted by Crippen LogP contribution is -2.42. The second-order valence-electron chi connectivity index (χ2n) is 6.65. The highest BCUT2D eigenvalue weighted by atomic mass is 16.6. The topological polar surface area (TPSA) is 107 Å². The van der Waals surface area contributed by atoms with E-state index in [1.165, 1.54) is 6.20 Å². The number of para-hydroxylation sites is 1. The number of hydrogen-bond donors (Lipinski definition) is 2. The van der Waals surface area contributed by atoms with E-state index < -0.39 is 0 Å². The zero-order chi connectivity index (χ0) is 20.6. The highest BCUT2D eigenvalue weighted by molar-refractivity contribution is 6.04. The number of ether oxygens (including phenoxy) is 1. The molecule has 0 bridgehead atoms. The monoisotopic (exact) mass is 393 g/mol. The standard InChI is InChI=1S/C21H23N5O3/c1-2-29-21(28)26-11-9-17(10-12-26)24-19-8-7-16(14-23-19)20(27)25-18-6-4-3-5-15(18)13-22/h3-8,14,17H,2,9-12H2,1H3,(H,23,24)(H,25,27). The fourth-order valence-electron chi connectivity index (χ4n) is 3.13. The molecule has 0 spiro atoms. The van der Waals surface area contributed by atoms with Crippen molar-refractivity contribution in [2.24, 2.45) is 0 Å². The number of aromatic nitrogens is 1. The summed E-state index contributed by atoms with van der Waals surface area (Å²) in [6, 6.07) is 12.5. The largest absolute Gasteiger partial charge is 0.450 e. The predicted molar refractivity (Wildman–Crippen MR) is 109 cm³/mol. The number of piperidine rings is 1. The van der Waals surface area contributed by atoms with Gasteiger partial charge < -0.3 is 20.3 Å². The van der Waals surface area contributed by atoms with Crippen LogP contribution >= 0.6 is 0 Å². The third-order valence-corrected chi connectivity index (χ3v) is 4.69. The van der Waals surface area contributed by atoms with Crippen LogP contribution in [0.15, 0.2) is 42.6 Å². The molecule has 8 heteroatoms. The molecule has 2 N–H and O–H groups in total. The minimum atomic E-state index is -0.325. The van der Waals surface area contributed by atoms with Gasteiger partial charge in [-0.05, 0) is 44.0 Å². The van der Waals surface area contributed by atoms with Crippen LogP contribution in [-0.4, -0.2) is 47.6 Å². The number of carbonyl (C=O) groups excluding carboxylic acids is 2.